The van der Waals surface area contributed by atoms with Crippen LogP contribution in [-0.2, 0) is 4.79 Å². The van der Waals surface area contributed by atoms with Crippen LogP contribution in [0, 0.1) is 5.92 Å². The molecule has 1 saturated carbocycles. The van der Waals surface area contributed by atoms with Crippen LogP contribution in [0.25, 0.3) is 0 Å². The number of benzene rings is 1. The first-order valence-corrected chi connectivity index (χ1v) is 8.04. The third-order valence-corrected chi connectivity index (χ3v) is 4.25. The Balaban J connectivity index is 1.68. The van der Waals surface area contributed by atoms with Crippen molar-refractivity contribution in [2.24, 2.45) is 11.7 Å². The molecule has 116 valence electrons. The van der Waals surface area contributed by atoms with Gasteiger partial charge in [-0.15, -0.1) is 0 Å². The molecule has 2 rings (SSSR count). The van der Waals surface area contributed by atoms with Gasteiger partial charge in [0.1, 0.15) is 0 Å². The van der Waals surface area contributed by atoms with Crippen LogP contribution in [0.3, 0.4) is 0 Å². The van der Waals surface area contributed by atoms with Crippen LogP contribution >= 0.6 is 0 Å². The normalized spacial score (nSPS) is 21.2. The summed E-state index contributed by atoms with van der Waals surface area (Å²) in [5.41, 5.74) is 7.10. The highest BCUT2D eigenvalue weighted by Crippen LogP contribution is 2.23. The average Bonchev–Trinajstić information content (AvgIpc) is 2.95. The number of anilines is 1. The molecule has 1 aromatic carbocycles. The van der Waals surface area contributed by atoms with Gasteiger partial charge in [0.05, 0.1) is 0 Å². The van der Waals surface area contributed by atoms with E-state index in [-0.39, 0.29) is 17.9 Å². The monoisotopic (exact) mass is 289 g/mol. The van der Waals surface area contributed by atoms with Crippen molar-refractivity contribution in [2.45, 2.75) is 38.6 Å². The Morgan fingerprint density at radius 2 is 2.10 bits per heavy atom. The quantitative estimate of drug-likeness (QED) is 0.756. The number of rotatable bonds is 7. The third kappa shape index (κ3) is 4.74. The van der Waals surface area contributed by atoms with E-state index in [1.165, 1.54) is 5.69 Å². The molecule has 2 atom stereocenters. The number of amides is 1. The lowest BCUT2D eigenvalue weighted by Crippen LogP contribution is -2.33. The summed E-state index contributed by atoms with van der Waals surface area (Å²) >= 11 is 0. The molecule has 0 aliphatic heterocycles. The Labute approximate surface area is 127 Å². The number of carbonyl (C=O) groups excluding carboxylic acids is 1. The van der Waals surface area contributed by atoms with Crippen molar-refractivity contribution in [3.8, 4) is 0 Å². The topological polar surface area (TPSA) is 58.4 Å². The Kier molecular flexibility index (Phi) is 6.05. The number of nitrogens with zero attached hydrogens (tertiary/aromatic N) is 1. The lowest BCUT2D eigenvalue weighted by Gasteiger charge is -2.23. The second-order valence-electron chi connectivity index (χ2n) is 5.83. The summed E-state index contributed by atoms with van der Waals surface area (Å²) in [6.07, 6.45) is 3.73. The largest absolute Gasteiger partial charge is 0.372 e. The Bertz CT molecular complexity index is 435. The van der Waals surface area contributed by atoms with Crippen LogP contribution in [0.2, 0.25) is 0 Å². The fraction of sp³-hybridized carbons (Fsp3) is 0.588. The maximum atomic E-state index is 12.0. The number of carbonyl (C=O) groups is 1. The zero-order valence-electron chi connectivity index (χ0n) is 12.9. The van der Waals surface area contributed by atoms with Crippen LogP contribution < -0.4 is 16.0 Å². The van der Waals surface area contributed by atoms with E-state index < -0.39 is 0 Å². The van der Waals surface area contributed by atoms with Crippen molar-refractivity contribution in [1.29, 1.82) is 0 Å². The minimum atomic E-state index is 0.136. The summed E-state index contributed by atoms with van der Waals surface area (Å²) < 4.78 is 0. The van der Waals surface area contributed by atoms with E-state index in [1.54, 1.807) is 0 Å². The third-order valence-electron chi connectivity index (χ3n) is 4.25. The van der Waals surface area contributed by atoms with E-state index in [0.717, 1.165) is 45.3 Å². The van der Waals surface area contributed by atoms with Crippen molar-refractivity contribution >= 4 is 11.6 Å². The molecule has 1 aliphatic rings. The maximum absolute atomic E-state index is 12.0. The molecule has 4 heteroatoms. The molecule has 1 fully saturated rings. The molecule has 4 nitrogen and oxygen atoms in total. The summed E-state index contributed by atoms with van der Waals surface area (Å²) in [5.74, 6) is 0.321. The molecule has 0 saturated heterocycles. The lowest BCUT2D eigenvalue weighted by atomic mass is 10.1. The van der Waals surface area contributed by atoms with Gasteiger partial charge in [-0.2, -0.15) is 0 Å². The van der Waals surface area contributed by atoms with E-state index in [1.807, 2.05) is 6.07 Å². The van der Waals surface area contributed by atoms with Gasteiger partial charge in [-0.1, -0.05) is 18.2 Å². The first-order chi connectivity index (χ1) is 10.2. The first kappa shape index (κ1) is 15.8. The van der Waals surface area contributed by atoms with Gasteiger partial charge in [-0.3, -0.25) is 4.79 Å². The molecule has 1 aromatic rings. The maximum Gasteiger partial charge on any atom is 0.223 e. The fourth-order valence-electron chi connectivity index (χ4n) is 2.99. The molecule has 21 heavy (non-hydrogen) atoms. The molecular formula is C17H27N3O. The van der Waals surface area contributed by atoms with Crippen LogP contribution in [0.15, 0.2) is 30.3 Å². The Hall–Kier alpha value is -1.55. The van der Waals surface area contributed by atoms with Crippen molar-refractivity contribution in [3.63, 3.8) is 0 Å². The molecule has 2 unspecified atom stereocenters. The highest BCUT2D eigenvalue weighted by Gasteiger charge is 2.27. The first-order valence-electron chi connectivity index (χ1n) is 8.04. The van der Waals surface area contributed by atoms with Crippen molar-refractivity contribution in [2.75, 3.05) is 24.5 Å². The Morgan fingerprint density at radius 3 is 2.71 bits per heavy atom. The van der Waals surface area contributed by atoms with E-state index in [2.05, 4.69) is 41.4 Å². The van der Waals surface area contributed by atoms with E-state index >= 15 is 0 Å². The van der Waals surface area contributed by atoms with E-state index in [4.69, 9.17) is 5.73 Å². The van der Waals surface area contributed by atoms with Gasteiger partial charge >= 0.3 is 0 Å². The van der Waals surface area contributed by atoms with Crippen molar-refractivity contribution in [1.82, 2.24) is 5.32 Å². The summed E-state index contributed by atoms with van der Waals surface area (Å²) in [5, 5.41) is 3.05. The summed E-state index contributed by atoms with van der Waals surface area (Å²) in [7, 11) is 0. The van der Waals surface area contributed by atoms with Gasteiger partial charge in [0.15, 0.2) is 0 Å². The highest BCUT2D eigenvalue weighted by atomic mass is 16.1. The fourth-order valence-corrected chi connectivity index (χ4v) is 2.99. The van der Waals surface area contributed by atoms with Crippen molar-refractivity contribution < 1.29 is 4.79 Å². The van der Waals surface area contributed by atoms with Crippen molar-refractivity contribution in [3.05, 3.63) is 30.3 Å². The van der Waals surface area contributed by atoms with Gasteiger partial charge in [0.2, 0.25) is 5.91 Å². The smallest absolute Gasteiger partial charge is 0.223 e. The molecule has 1 amide bonds. The van der Waals surface area contributed by atoms with Gasteiger partial charge in [0.25, 0.3) is 0 Å². The van der Waals surface area contributed by atoms with Gasteiger partial charge < -0.3 is 16.0 Å². The molecule has 0 radical (unpaired) electrons. The molecule has 0 spiro atoms. The molecule has 3 N–H and O–H groups in total. The average molecular weight is 289 g/mol. The Morgan fingerprint density at radius 1 is 1.33 bits per heavy atom. The van der Waals surface area contributed by atoms with Crippen LogP contribution in [0.1, 0.15) is 32.6 Å². The standard InChI is InChI=1S/C17H27N3O/c1-2-20(16-7-4-3-5-8-16)12-6-11-19-17(21)14-9-10-15(18)13-14/h3-5,7-8,14-15H,2,6,9-13,18H2,1H3,(H,19,21). The minimum absolute atomic E-state index is 0.136. The van der Waals surface area contributed by atoms with Crippen LogP contribution in [0.5, 0.6) is 0 Å². The van der Waals surface area contributed by atoms with Crippen LogP contribution in [0.4, 0.5) is 5.69 Å². The predicted octanol–water partition coefficient (Wildman–Crippen LogP) is 2.15. The SMILES string of the molecule is CCN(CCCNC(=O)C1CCC(N)C1)c1ccccc1. The zero-order valence-corrected chi connectivity index (χ0v) is 12.9. The minimum Gasteiger partial charge on any atom is -0.372 e. The molecule has 0 heterocycles. The number of nitrogens with one attached hydrogen (secondary N) is 1. The van der Waals surface area contributed by atoms with Gasteiger partial charge in [-0.05, 0) is 44.7 Å². The second-order valence-corrected chi connectivity index (χ2v) is 5.83. The zero-order chi connectivity index (χ0) is 15.1. The highest BCUT2D eigenvalue weighted by molar-refractivity contribution is 5.78. The summed E-state index contributed by atoms with van der Waals surface area (Å²) in [6.45, 7) is 4.85. The van der Waals surface area contributed by atoms with Crippen LogP contribution in [-0.4, -0.2) is 31.6 Å². The predicted molar refractivity (Wildman–Crippen MR) is 87.3 cm³/mol. The second kappa shape index (κ2) is 8.03. The molecular weight excluding hydrogens is 262 g/mol. The van der Waals surface area contributed by atoms with Gasteiger partial charge in [-0.25, -0.2) is 0 Å². The molecule has 0 aromatic heterocycles. The lowest BCUT2D eigenvalue weighted by molar-refractivity contribution is -0.124. The number of nitrogens with two attached hydrogens (primary N) is 1. The summed E-state index contributed by atoms with van der Waals surface area (Å²) in [6, 6.07) is 10.6. The number of hydrogen-bond acceptors (Lipinski definition) is 3. The summed E-state index contributed by atoms with van der Waals surface area (Å²) in [4.78, 5) is 14.3. The number of para-hydroxylation sites is 1. The molecule has 1 aliphatic carbocycles. The van der Waals surface area contributed by atoms with Gasteiger partial charge in [0, 0.05) is 37.3 Å². The van der Waals surface area contributed by atoms with E-state index in [9.17, 15) is 4.79 Å². The number of hydrogen-bond donors (Lipinski definition) is 2. The van der Waals surface area contributed by atoms with E-state index in [0.29, 0.717) is 0 Å². The molecule has 0 bridgehead atoms.